The molecule has 1 aromatic carbocycles. The normalized spacial score (nSPS) is 10.3. The maximum absolute atomic E-state index is 12.2. The van der Waals surface area contributed by atoms with Gasteiger partial charge in [0.15, 0.2) is 11.5 Å². The standard InChI is InChI=1S/C18H21NO6/c1-3-4-9-24-14-7-5-12(10-16(14)23-2)17(20)19-11-13-6-8-15(25-13)18(21)22/h5-8,10H,3-4,9,11H2,1-2H3,(H,19,20)(H,21,22). The quantitative estimate of drug-likeness (QED) is 0.677. The molecule has 0 unspecified atom stereocenters. The summed E-state index contributed by atoms with van der Waals surface area (Å²) in [7, 11) is 1.51. The van der Waals surface area contributed by atoms with Crippen LogP contribution in [0.1, 0.15) is 46.4 Å². The number of nitrogens with one attached hydrogen (secondary N) is 1. The van der Waals surface area contributed by atoms with Gasteiger partial charge in [0, 0.05) is 5.56 Å². The van der Waals surface area contributed by atoms with Crippen molar-refractivity contribution in [3.63, 3.8) is 0 Å². The molecule has 1 heterocycles. The van der Waals surface area contributed by atoms with E-state index < -0.39 is 5.97 Å². The lowest BCUT2D eigenvalue weighted by atomic mass is 10.2. The van der Waals surface area contributed by atoms with Gasteiger partial charge in [0.05, 0.1) is 20.3 Å². The third-order valence-corrected chi connectivity index (χ3v) is 3.48. The Hall–Kier alpha value is -2.96. The Morgan fingerprint density at radius 1 is 1.20 bits per heavy atom. The van der Waals surface area contributed by atoms with Crippen molar-refractivity contribution in [1.29, 1.82) is 0 Å². The van der Waals surface area contributed by atoms with Crippen LogP contribution in [-0.4, -0.2) is 30.7 Å². The van der Waals surface area contributed by atoms with E-state index in [4.69, 9.17) is 19.0 Å². The summed E-state index contributed by atoms with van der Waals surface area (Å²) in [6.45, 7) is 2.75. The average Bonchev–Trinajstić information content (AvgIpc) is 3.09. The minimum absolute atomic E-state index is 0.0865. The fraction of sp³-hybridized carbons (Fsp3) is 0.333. The van der Waals surface area contributed by atoms with E-state index in [-0.39, 0.29) is 18.2 Å². The summed E-state index contributed by atoms with van der Waals surface area (Å²) in [5, 5.41) is 11.5. The number of aromatic carboxylic acids is 1. The smallest absolute Gasteiger partial charge is 0.371 e. The molecule has 0 aliphatic heterocycles. The highest BCUT2D eigenvalue weighted by atomic mass is 16.5. The Bertz CT molecular complexity index is 737. The van der Waals surface area contributed by atoms with E-state index in [0.717, 1.165) is 12.8 Å². The zero-order valence-corrected chi connectivity index (χ0v) is 14.2. The van der Waals surface area contributed by atoms with Gasteiger partial charge in [-0.15, -0.1) is 0 Å². The van der Waals surface area contributed by atoms with Gasteiger partial charge in [-0.3, -0.25) is 4.79 Å². The molecule has 7 nitrogen and oxygen atoms in total. The molecular formula is C18H21NO6. The van der Waals surface area contributed by atoms with Crippen molar-refractivity contribution < 1.29 is 28.6 Å². The van der Waals surface area contributed by atoms with Gasteiger partial charge in [-0.05, 0) is 36.8 Å². The van der Waals surface area contributed by atoms with Crippen molar-refractivity contribution >= 4 is 11.9 Å². The predicted octanol–water partition coefficient (Wildman–Crippen LogP) is 3.10. The van der Waals surface area contributed by atoms with Crippen molar-refractivity contribution in [2.45, 2.75) is 26.3 Å². The van der Waals surface area contributed by atoms with Crippen LogP contribution in [0.15, 0.2) is 34.7 Å². The molecule has 0 atom stereocenters. The van der Waals surface area contributed by atoms with Crippen LogP contribution in [0.5, 0.6) is 11.5 Å². The molecule has 2 rings (SSSR count). The monoisotopic (exact) mass is 347 g/mol. The highest BCUT2D eigenvalue weighted by Crippen LogP contribution is 2.28. The molecule has 0 spiro atoms. The number of carbonyl (C=O) groups excluding carboxylic acids is 1. The number of furan rings is 1. The molecule has 25 heavy (non-hydrogen) atoms. The van der Waals surface area contributed by atoms with Gasteiger partial charge in [0.1, 0.15) is 5.76 Å². The number of amides is 1. The molecule has 7 heteroatoms. The average molecular weight is 347 g/mol. The summed E-state index contributed by atoms with van der Waals surface area (Å²) >= 11 is 0. The van der Waals surface area contributed by atoms with Crippen LogP contribution in [0.4, 0.5) is 0 Å². The minimum atomic E-state index is -1.15. The number of carboxylic acid groups (broad SMARTS) is 1. The zero-order chi connectivity index (χ0) is 18.2. The van der Waals surface area contributed by atoms with Gasteiger partial charge in [0.25, 0.3) is 5.91 Å². The van der Waals surface area contributed by atoms with E-state index in [1.54, 1.807) is 18.2 Å². The van der Waals surface area contributed by atoms with Gasteiger partial charge >= 0.3 is 5.97 Å². The van der Waals surface area contributed by atoms with E-state index >= 15 is 0 Å². The lowest BCUT2D eigenvalue weighted by Crippen LogP contribution is -2.22. The Morgan fingerprint density at radius 3 is 2.64 bits per heavy atom. The second-order valence-electron chi connectivity index (χ2n) is 5.32. The Kier molecular flexibility index (Phi) is 6.45. The summed E-state index contributed by atoms with van der Waals surface area (Å²) in [4.78, 5) is 23.0. The van der Waals surface area contributed by atoms with E-state index in [1.807, 2.05) is 0 Å². The third kappa shape index (κ3) is 5.00. The second kappa shape index (κ2) is 8.77. The number of methoxy groups -OCH3 is 1. The molecule has 0 radical (unpaired) electrons. The van der Waals surface area contributed by atoms with E-state index in [2.05, 4.69) is 12.2 Å². The first-order chi connectivity index (χ1) is 12.0. The molecule has 134 valence electrons. The first-order valence-electron chi connectivity index (χ1n) is 7.96. The molecule has 2 aromatic rings. The number of hydrogen-bond donors (Lipinski definition) is 2. The summed E-state index contributed by atoms with van der Waals surface area (Å²) in [6.07, 6.45) is 1.96. The number of ether oxygens (including phenoxy) is 2. The Labute approximate surface area is 145 Å². The number of unbranched alkanes of at least 4 members (excludes halogenated alkanes) is 1. The highest BCUT2D eigenvalue weighted by molar-refractivity contribution is 5.94. The van der Waals surface area contributed by atoms with Gasteiger partial charge in [-0.1, -0.05) is 13.3 Å². The number of rotatable bonds is 9. The molecule has 1 aromatic heterocycles. The maximum Gasteiger partial charge on any atom is 0.371 e. The van der Waals surface area contributed by atoms with Crippen molar-refractivity contribution in [1.82, 2.24) is 5.32 Å². The fourth-order valence-electron chi connectivity index (χ4n) is 2.11. The van der Waals surface area contributed by atoms with Crippen LogP contribution < -0.4 is 14.8 Å². The first-order valence-corrected chi connectivity index (χ1v) is 7.96. The number of carbonyl (C=O) groups is 2. The predicted molar refractivity (Wildman–Crippen MR) is 90.2 cm³/mol. The van der Waals surface area contributed by atoms with Gasteiger partial charge < -0.3 is 24.3 Å². The third-order valence-electron chi connectivity index (χ3n) is 3.48. The van der Waals surface area contributed by atoms with E-state index in [1.165, 1.54) is 19.2 Å². The Morgan fingerprint density at radius 2 is 2.00 bits per heavy atom. The largest absolute Gasteiger partial charge is 0.493 e. The van der Waals surface area contributed by atoms with Crippen LogP contribution in [0.25, 0.3) is 0 Å². The lowest BCUT2D eigenvalue weighted by molar-refractivity contribution is 0.0660. The SMILES string of the molecule is CCCCOc1ccc(C(=O)NCc2ccc(C(=O)O)o2)cc1OC. The van der Waals surface area contributed by atoms with E-state index in [9.17, 15) is 9.59 Å². The molecule has 2 N–H and O–H groups in total. The Balaban J connectivity index is 1.99. The molecular weight excluding hydrogens is 326 g/mol. The van der Waals surface area contributed by atoms with Gasteiger partial charge in [0.2, 0.25) is 5.76 Å². The highest BCUT2D eigenvalue weighted by Gasteiger charge is 2.13. The molecule has 0 saturated carbocycles. The van der Waals surface area contributed by atoms with Crippen LogP contribution in [0.3, 0.4) is 0 Å². The summed E-state index contributed by atoms with van der Waals surface area (Å²) < 4.78 is 16.0. The minimum Gasteiger partial charge on any atom is -0.493 e. The molecule has 1 amide bonds. The first kappa shape index (κ1) is 18.4. The van der Waals surface area contributed by atoms with Crippen molar-refractivity contribution in [3.8, 4) is 11.5 Å². The van der Waals surface area contributed by atoms with Crippen LogP contribution >= 0.6 is 0 Å². The van der Waals surface area contributed by atoms with Crippen LogP contribution in [0.2, 0.25) is 0 Å². The summed E-state index contributed by atoms with van der Waals surface area (Å²) in [5.41, 5.74) is 0.407. The second-order valence-corrected chi connectivity index (χ2v) is 5.32. The zero-order valence-electron chi connectivity index (χ0n) is 14.2. The van der Waals surface area contributed by atoms with Crippen LogP contribution in [-0.2, 0) is 6.54 Å². The summed E-state index contributed by atoms with van der Waals surface area (Å²) in [6, 6.07) is 7.79. The van der Waals surface area contributed by atoms with Gasteiger partial charge in [-0.2, -0.15) is 0 Å². The number of carboxylic acids is 1. The van der Waals surface area contributed by atoms with E-state index in [0.29, 0.717) is 29.4 Å². The number of hydrogen-bond acceptors (Lipinski definition) is 5. The van der Waals surface area contributed by atoms with Crippen molar-refractivity contribution in [2.24, 2.45) is 0 Å². The van der Waals surface area contributed by atoms with Gasteiger partial charge in [-0.25, -0.2) is 4.79 Å². The van der Waals surface area contributed by atoms with Crippen molar-refractivity contribution in [2.75, 3.05) is 13.7 Å². The molecule has 0 fully saturated rings. The molecule has 0 bridgehead atoms. The number of benzene rings is 1. The molecule has 0 aliphatic carbocycles. The fourth-order valence-corrected chi connectivity index (χ4v) is 2.11. The van der Waals surface area contributed by atoms with Crippen molar-refractivity contribution in [3.05, 3.63) is 47.4 Å². The maximum atomic E-state index is 12.2. The summed E-state index contributed by atoms with van der Waals surface area (Å²) in [5.74, 6) is -0.219. The van der Waals surface area contributed by atoms with Crippen LogP contribution in [0, 0.1) is 0 Å². The lowest BCUT2D eigenvalue weighted by Gasteiger charge is -2.12. The topological polar surface area (TPSA) is 98.0 Å². The molecule has 0 saturated heterocycles. The molecule has 0 aliphatic rings.